The van der Waals surface area contributed by atoms with Crippen molar-refractivity contribution in [2.24, 2.45) is 35.0 Å². The number of hydrogen-bond acceptors (Lipinski definition) is 1. The second-order valence-corrected chi connectivity index (χ2v) is 8.99. The summed E-state index contributed by atoms with van der Waals surface area (Å²) in [5, 5.41) is 10.9. The second kappa shape index (κ2) is 4.48. The van der Waals surface area contributed by atoms with Crippen LogP contribution < -0.4 is 0 Å². The second-order valence-electron chi connectivity index (χ2n) is 8.99. The Bertz CT molecular complexity index is 387. The lowest BCUT2D eigenvalue weighted by Gasteiger charge is -2.56. The molecular weight excluding hydrogens is 244 g/mol. The first-order valence-corrected chi connectivity index (χ1v) is 9.25. The van der Waals surface area contributed by atoms with Gasteiger partial charge in [-0.3, -0.25) is 0 Å². The van der Waals surface area contributed by atoms with Gasteiger partial charge in [-0.1, -0.05) is 26.2 Å². The standard InChI is InChI=1S/C19H32O/c1-18-11-9-15-14-6-4-3-5-13(14)7-8-16(15)17(18)10-12-19(18,2)20/h13-17,20H,3-12H2,1-2H3. The molecule has 1 N–H and O–H groups in total. The minimum Gasteiger partial charge on any atom is -0.390 e. The largest absolute Gasteiger partial charge is 0.390 e. The van der Waals surface area contributed by atoms with Gasteiger partial charge in [0.25, 0.3) is 0 Å². The van der Waals surface area contributed by atoms with Crippen molar-refractivity contribution in [3.63, 3.8) is 0 Å². The van der Waals surface area contributed by atoms with Crippen LogP contribution in [-0.2, 0) is 0 Å². The fourth-order valence-electron chi connectivity index (χ4n) is 7.07. The zero-order valence-electron chi connectivity index (χ0n) is 13.4. The molecule has 114 valence electrons. The highest BCUT2D eigenvalue weighted by molar-refractivity contribution is 5.10. The van der Waals surface area contributed by atoms with Gasteiger partial charge < -0.3 is 5.11 Å². The quantitative estimate of drug-likeness (QED) is 0.675. The van der Waals surface area contributed by atoms with Crippen molar-refractivity contribution in [2.45, 2.75) is 83.7 Å². The lowest BCUT2D eigenvalue weighted by Crippen LogP contribution is -2.52. The van der Waals surface area contributed by atoms with E-state index < -0.39 is 5.60 Å². The number of fused-ring (bicyclic) bond motifs is 5. The maximum absolute atomic E-state index is 10.9. The summed E-state index contributed by atoms with van der Waals surface area (Å²) in [5.74, 6) is 4.90. The van der Waals surface area contributed by atoms with E-state index in [2.05, 4.69) is 13.8 Å². The molecule has 0 spiro atoms. The SMILES string of the molecule is CC1(O)CCC2C3CCC4CCCCC4C3CCC21C. The Morgan fingerprint density at radius 2 is 1.55 bits per heavy atom. The third kappa shape index (κ3) is 1.71. The lowest BCUT2D eigenvalue weighted by molar-refractivity contribution is -0.121. The van der Waals surface area contributed by atoms with E-state index in [0.29, 0.717) is 0 Å². The first-order chi connectivity index (χ1) is 9.53. The van der Waals surface area contributed by atoms with E-state index in [0.717, 1.165) is 36.0 Å². The molecule has 1 heteroatoms. The van der Waals surface area contributed by atoms with Crippen LogP contribution in [0.1, 0.15) is 78.1 Å². The van der Waals surface area contributed by atoms with E-state index in [4.69, 9.17) is 0 Å². The van der Waals surface area contributed by atoms with Gasteiger partial charge >= 0.3 is 0 Å². The van der Waals surface area contributed by atoms with Crippen LogP contribution in [-0.4, -0.2) is 10.7 Å². The molecule has 7 atom stereocenters. The summed E-state index contributed by atoms with van der Waals surface area (Å²) in [6.07, 6.45) is 14.0. The Balaban J connectivity index is 1.61. The van der Waals surface area contributed by atoms with Gasteiger partial charge in [0.2, 0.25) is 0 Å². The molecule has 0 heterocycles. The fourth-order valence-corrected chi connectivity index (χ4v) is 7.07. The minimum atomic E-state index is -0.397. The average Bonchev–Trinajstić information content (AvgIpc) is 2.69. The molecule has 0 aromatic rings. The molecule has 0 bridgehead atoms. The molecule has 4 fully saturated rings. The van der Waals surface area contributed by atoms with Crippen LogP contribution in [0, 0.1) is 35.0 Å². The molecule has 0 saturated heterocycles. The summed E-state index contributed by atoms with van der Waals surface area (Å²) in [5.41, 5.74) is -0.179. The van der Waals surface area contributed by atoms with Crippen molar-refractivity contribution in [1.29, 1.82) is 0 Å². The van der Waals surface area contributed by atoms with Crippen molar-refractivity contribution in [3.8, 4) is 0 Å². The third-order valence-corrected chi connectivity index (χ3v) is 8.44. The number of hydrogen-bond donors (Lipinski definition) is 1. The molecule has 0 aromatic heterocycles. The van der Waals surface area contributed by atoms with Crippen LogP contribution in [0.2, 0.25) is 0 Å². The topological polar surface area (TPSA) is 20.2 Å². The summed E-state index contributed by atoms with van der Waals surface area (Å²) in [6, 6.07) is 0. The highest BCUT2D eigenvalue weighted by atomic mass is 16.3. The van der Waals surface area contributed by atoms with Gasteiger partial charge in [-0.15, -0.1) is 0 Å². The minimum absolute atomic E-state index is 0.218. The van der Waals surface area contributed by atoms with Crippen molar-refractivity contribution in [3.05, 3.63) is 0 Å². The predicted octanol–water partition coefficient (Wildman–Crippen LogP) is 4.78. The molecule has 4 saturated carbocycles. The molecule has 20 heavy (non-hydrogen) atoms. The molecule has 4 aliphatic rings. The monoisotopic (exact) mass is 276 g/mol. The van der Waals surface area contributed by atoms with Crippen LogP contribution in [0.25, 0.3) is 0 Å². The van der Waals surface area contributed by atoms with E-state index in [-0.39, 0.29) is 5.41 Å². The van der Waals surface area contributed by atoms with Crippen LogP contribution in [0.5, 0.6) is 0 Å². The zero-order valence-corrected chi connectivity index (χ0v) is 13.4. The third-order valence-electron chi connectivity index (χ3n) is 8.44. The summed E-state index contributed by atoms with van der Waals surface area (Å²) in [7, 11) is 0. The summed E-state index contributed by atoms with van der Waals surface area (Å²) in [4.78, 5) is 0. The highest BCUT2D eigenvalue weighted by Crippen LogP contribution is 2.65. The molecule has 0 aromatic carbocycles. The van der Waals surface area contributed by atoms with Gasteiger partial charge in [0.15, 0.2) is 0 Å². The molecule has 0 aliphatic heterocycles. The first-order valence-electron chi connectivity index (χ1n) is 9.25. The van der Waals surface area contributed by atoms with E-state index in [1.165, 1.54) is 57.8 Å². The number of aliphatic hydroxyl groups is 1. The summed E-state index contributed by atoms with van der Waals surface area (Å²) < 4.78 is 0. The summed E-state index contributed by atoms with van der Waals surface area (Å²) >= 11 is 0. The van der Waals surface area contributed by atoms with E-state index in [9.17, 15) is 5.11 Å². The van der Waals surface area contributed by atoms with Gasteiger partial charge in [0.1, 0.15) is 0 Å². The van der Waals surface area contributed by atoms with Crippen LogP contribution in [0.15, 0.2) is 0 Å². The molecule has 1 nitrogen and oxygen atoms in total. The normalized spacial score (nSPS) is 58.6. The van der Waals surface area contributed by atoms with Crippen LogP contribution >= 0.6 is 0 Å². The maximum atomic E-state index is 10.9. The molecular formula is C19H32O. The van der Waals surface area contributed by atoms with Gasteiger partial charge in [-0.05, 0) is 86.9 Å². The molecule has 0 radical (unpaired) electrons. The summed E-state index contributed by atoms with van der Waals surface area (Å²) in [6.45, 7) is 4.54. The zero-order chi connectivity index (χ0) is 14.0. The molecule has 0 amide bonds. The Kier molecular flexibility index (Phi) is 3.05. The predicted molar refractivity (Wildman–Crippen MR) is 82.4 cm³/mol. The van der Waals surface area contributed by atoms with Crippen molar-refractivity contribution in [2.75, 3.05) is 0 Å². The molecule has 7 unspecified atom stereocenters. The van der Waals surface area contributed by atoms with Gasteiger partial charge in [-0.2, -0.15) is 0 Å². The molecule has 4 aliphatic carbocycles. The average molecular weight is 276 g/mol. The Morgan fingerprint density at radius 1 is 0.750 bits per heavy atom. The van der Waals surface area contributed by atoms with Gasteiger partial charge in [0, 0.05) is 0 Å². The Morgan fingerprint density at radius 3 is 2.40 bits per heavy atom. The van der Waals surface area contributed by atoms with Crippen LogP contribution in [0.4, 0.5) is 0 Å². The van der Waals surface area contributed by atoms with Crippen molar-refractivity contribution >= 4 is 0 Å². The highest BCUT2D eigenvalue weighted by Gasteiger charge is 2.60. The Hall–Kier alpha value is -0.0400. The van der Waals surface area contributed by atoms with Crippen molar-refractivity contribution in [1.82, 2.24) is 0 Å². The van der Waals surface area contributed by atoms with E-state index >= 15 is 0 Å². The maximum Gasteiger partial charge on any atom is 0.0675 e. The van der Waals surface area contributed by atoms with Gasteiger partial charge in [0.05, 0.1) is 5.60 Å². The lowest BCUT2D eigenvalue weighted by atomic mass is 9.49. The van der Waals surface area contributed by atoms with Crippen LogP contribution in [0.3, 0.4) is 0 Å². The van der Waals surface area contributed by atoms with Gasteiger partial charge in [-0.25, -0.2) is 0 Å². The van der Waals surface area contributed by atoms with Crippen molar-refractivity contribution < 1.29 is 5.11 Å². The number of rotatable bonds is 0. The van der Waals surface area contributed by atoms with E-state index in [1.54, 1.807) is 0 Å². The molecule has 4 rings (SSSR count). The fraction of sp³-hybridized carbons (Fsp3) is 1.00. The Labute approximate surface area is 124 Å². The first kappa shape index (κ1) is 13.6. The smallest absolute Gasteiger partial charge is 0.0675 e. The van der Waals surface area contributed by atoms with E-state index in [1.807, 2.05) is 0 Å².